The average Bonchev–Trinajstić information content (AvgIpc) is 2.80. The minimum Gasteiger partial charge on any atom is -0.822 e. The Kier molecular flexibility index (Phi) is 30.4. The second-order valence-corrected chi connectivity index (χ2v) is 11.9. The molecule has 26 nitrogen and oxygen atoms in total. The van der Waals surface area contributed by atoms with Gasteiger partial charge in [0, 0.05) is 0 Å². The van der Waals surface area contributed by atoms with Gasteiger partial charge in [-0.2, -0.15) is 36.3 Å². The molecule has 5 N–H and O–H groups in total. The maximum absolute atomic E-state index is 12.2. The summed E-state index contributed by atoms with van der Waals surface area (Å²) in [5.74, 6) is -0.0516. The zero-order valence-electron chi connectivity index (χ0n) is 24.6. The fraction of sp³-hybridized carbons (Fsp3) is 0.412. The van der Waals surface area contributed by atoms with E-state index in [1.165, 1.54) is 4.57 Å². The molecule has 2 aliphatic rings. The minimum atomic E-state index is -5.39. The summed E-state index contributed by atoms with van der Waals surface area (Å²) in [6, 6.07) is 3.53. The van der Waals surface area contributed by atoms with Crippen LogP contribution in [0, 0.1) is 13.8 Å². The van der Waals surface area contributed by atoms with Crippen LogP contribution in [-0.4, -0.2) is 64.9 Å². The predicted octanol–water partition coefficient (Wildman–Crippen LogP) is -13.0. The molecule has 0 saturated heterocycles. The van der Waals surface area contributed by atoms with Crippen molar-refractivity contribution in [1.29, 1.82) is 0 Å². The summed E-state index contributed by atoms with van der Waals surface area (Å²) in [4.78, 5) is 137. The SMILES string of the molecule is Cc1cc2nc3c(=O)[nH]c(=O)nc-3n(C[C@@H](O)[C@@H](O)[C@@H](O)CO)c2cc1C.O=P([O-])([O-])[O-].O=P([O-])([O-])[O-].O=P([O-])([O-])[O-].O=P([O-])([O-])[O-].[Zr+4].[Zr+4].[Zr+4]. The topological polar surface area (TPSA) is 507 Å². The molecule has 2 heterocycles. The molecule has 1 aromatic carbocycles. The van der Waals surface area contributed by atoms with Gasteiger partial charge < -0.3 is 102 Å². The van der Waals surface area contributed by atoms with Crippen LogP contribution >= 0.6 is 31.3 Å². The summed E-state index contributed by atoms with van der Waals surface area (Å²) in [5.41, 5.74) is 1.11. The third kappa shape index (κ3) is 31.9. The molecule has 50 heavy (non-hydrogen) atoms. The van der Waals surface area contributed by atoms with Crippen molar-refractivity contribution in [2.45, 2.75) is 38.7 Å². The Morgan fingerprint density at radius 2 is 1.06 bits per heavy atom. The zero-order valence-corrected chi connectivity index (χ0v) is 35.5. The summed E-state index contributed by atoms with van der Waals surface area (Å²) in [7, 11) is -21.6. The predicted molar refractivity (Wildman–Crippen MR) is 126 cm³/mol. The molecule has 272 valence electrons. The van der Waals surface area contributed by atoms with Crippen molar-refractivity contribution in [2.75, 3.05) is 6.61 Å². The van der Waals surface area contributed by atoms with Crippen molar-refractivity contribution in [3.63, 3.8) is 0 Å². The number of hydrogen-bond donors (Lipinski definition) is 5. The number of benzene rings is 1. The number of aliphatic hydroxyl groups excluding tert-OH is 4. The molecule has 0 spiro atoms. The van der Waals surface area contributed by atoms with E-state index in [1.807, 2.05) is 13.8 Å². The summed E-state index contributed by atoms with van der Waals surface area (Å²) in [5, 5.41) is 38.8. The molecule has 0 unspecified atom stereocenters. The molecule has 0 saturated carbocycles. The Bertz CT molecular complexity index is 1630. The normalized spacial score (nSPS) is 12.9. The smallest absolute Gasteiger partial charge is 0.822 e. The number of H-pyrrole nitrogens is 1. The number of rotatable bonds is 5. The van der Waals surface area contributed by atoms with Gasteiger partial charge in [0.1, 0.15) is 18.3 Å². The van der Waals surface area contributed by atoms with E-state index in [9.17, 15) is 24.9 Å². The number of nitrogens with zero attached hydrogens (tertiary/aromatic N) is 3. The van der Waals surface area contributed by atoms with Crippen LogP contribution in [0.25, 0.3) is 22.6 Å². The van der Waals surface area contributed by atoms with Crippen molar-refractivity contribution in [2.24, 2.45) is 0 Å². The van der Waals surface area contributed by atoms with Gasteiger partial charge in [0.05, 0.1) is 24.2 Å². The minimum absolute atomic E-state index is 0. The molecule has 0 bridgehead atoms. The number of fused-ring (bicyclic) bond motifs is 2. The van der Waals surface area contributed by atoms with Crippen molar-refractivity contribution in [3.8, 4) is 11.5 Å². The Morgan fingerprint density at radius 1 is 0.700 bits per heavy atom. The van der Waals surface area contributed by atoms with Gasteiger partial charge in [-0.3, -0.25) is 9.78 Å². The van der Waals surface area contributed by atoms with Crippen molar-refractivity contribution >= 4 is 42.3 Å². The second-order valence-electron chi connectivity index (χ2n) is 8.29. The van der Waals surface area contributed by atoms with E-state index < -0.39 is 67.5 Å². The second kappa shape index (κ2) is 25.5. The van der Waals surface area contributed by atoms with Gasteiger partial charge in [-0.15, -0.1) is 0 Å². The van der Waals surface area contributed by atoms with Crippen LogP contribution < -0.4 is 70.0 Å². The number of nitrogens with one attached hydrogen (secondary N) is 1. The van der Waals surface area contributed by atoms with Gasteiger partial charge in [0.25, 0.3) is 5.56 Å². The summed E-state index contributed by atoms with van der Waals surface area (Å²) in [6.07, 6.45) is -4.68. The van der Waals surface area contributed by atoms with Crippen molar-refractivity contribution in [1.82, 2.24) is 19.5 Å². The summed E-state index contributed by atoms with van der Waals surface area (Å²) < 4.78 is 35.6. The Labute approximate surface area is 336 Å². The first-order chi connectivity index (χ1) is 20.7. The van der Waals surface area contributed by atoms with Crippen LogP contribution in [-0.2, 0) is 103 Å². The molecule has 33 heteroatoms. The third-order valence-corrected chi connectivity index (χ3v) is 4.57. The van der Waals surface area contributed by atoms with E-state index in [-0.39, 0.29) is 96.7 Å². The molecule has 0 fully saturated rings. The van der Waals surface area contributed by atoms with E-state index in [0.29, 0.717) is 11.0 Å². The van der Waals surface area contributed by atoms with Crippen LogP contribution in [0.3, 0.4) is 0 Å². The molecular weight excluding hydrogens is 1010 g/mol. The maximum Gasteiger partial charge on any atom is 4.00 e. The quantitative estimate of drug-likeness (QED) is 0.117. The van der Waals surface area contributed by atoms with Gasteiger partial charge in [-0.05, 0) is 37.1 Å². The first kappa shape index (κ1) is 59.7. The van der Waals surface area contributed by atoms with Crippen LogP contribution in [0.4, 0.5) is 0 Å². The Balaban J connectivity index is -0.000000242. The molecule has 1 aromatic rings. The van der Waals surface area contributed by atoms with Crippen LogP contribution in [0.2, 0.25) is 0 Å². The van der Waals surface area contributed by atoms with E-state index in [1.54, 1.807) is 12.1 Å². The van der Waals surface area contributed by atoms with Crippen molar-refractivity contribution in [3.05, 3.63) is 44.1 Å². The Hall–Kier alpha value is 0.429. The molecule has 0 radical (unpaired) electrons. The van der Waals surface area contributed by atoms with E-state index in [0.717, 1.165) is 11.1 Å². The fourth-order valence-electron chi connectivity index (χ4n) is 2.89. The van der Waals surface area contributed by atoms with E-state index in [4.69, 9.17) is 82.1 Å². The molecule has 0 aliphatic carbocycles. The number of hydrogen-bond acceptors (Lipinski definition) is 24. The molecule has 2 aliphatic heterocycles. The van der Waals surface area contributed by atoms with Crippen molar-refractivity contribution < 1.29 is 176 Å². The number of aromatic nitrogens is 4. The zero-order chi connectivity index (χ0) is 37.9. The number of aliphatic hydroxyl groups is 4. The van der Waals surface area contributed by atoms with Gasteiger partial charge in [0.2, 0.25) is 0 Å². The monoisotopic (exact) mass is 1030 g/mol. The molecular formula is C17H20N4O22P4Zr3. The van der Waals surface area contributed by atoms with Gasteiger partial charge in [-0.25, -0.2) is 9.78 Å². The molecule has 0 aromatic heterocycles. The first-order valence-electron chi connectivity index (χ1n) is 11.2. The van der Waals surface area contributed by atoms with Crippen LogP contribution in [0.1, 0.15) is 11.1 Å². The average molecular weight is 1030 g/mol. The summed E-state index contributed by atoms with van der Waals surface area (Å²) >= 11 is 0. The maximum atomic E-state index is 12.2. The first-order valence-corrected chi connectivity index (χ1v) is 17.1. The Morgan fingerprint density at radius 3 is 1.42 bits per heavy atom. The van der Waals surface area contributed by atoms with E-state index in [2.05, 4.69) is 15.0 Å². The number of aryl methyl sites for hydroxylation is 2. The number of phosphoric acid groups is 4. The third-order valence-electron chi connectivity index (χ3n) is 4.57. The largest absolute Gasteiger partial charge is 4.00 e. The fourth-order valence-corrected chi connectivity index (χ4v) is 2.89. The van der Waals surface area contributed by atoms with E-state index >= 15 is 0 Å². The van der Waals surface area contributed by atoms with Gasteiger partial charge >= 0.3 is 84.3 Å². The molecule has 0 amide bonds. The molecule has 3 rings (SSSR count). The van der Waals surface area contributed by atoms with Crippen LogP contribution in [0.5, 0.6) is 0 Å². The van der Waals surface area contributed by atoms with Crippen LogP contribution in [0.15, 0.2) is 21.7 Å². The summed E-state index contributed by atoms with van der Waals surface area (Å²) in [6.45, 7) is 2.73. The standard InChI is InChI=1S/C17H20N4O6.4H3O4P.3Zr/c1-7-3-9-10(4-8(7)2)21(5-11(23)14(25)12(24)6-22)15-13(18-9)16(26)20-17(27)19-15;4*1-5(2,3)4;;;/h3-4,11-12,14,22-25H,5-6H2,1-2H3,(H,20,26,27);4*(H3,1,2,3,4);;;/q;;;;;3*+4/p-12/t11-,12+,14-;;;;;;;/m1......./s1. The van der Waals surface area contributed by atoms with Gasteiger partial charge in [0.15, 0.2) is 11.5 Å². The number of aromatic amines is 1. The molecule has 3 atom stereocenters. The van der Waals surface area contributed by atoms with Gasteiger partial charge in [-0.1, -0.05) is 0 Å².